The molecule has 3 aromatic rings. The summed E-state index contributed by atoms with van der Waals surface area (Å²) in [6.45, 7) is 0. The van der Waals surface area contributed by atoms with Crippen LogP contribution in [0.5, 0.6) is 0 Å². The van der Waals surface area contributed by atoms with E-state index in [2.05, 4.69) is 15.4 Å². The van der Waals surface area contributed by atoms with Gasteiger partial charge >= 0.3 is 0 Å². The van der Waals surface area contributed by atoms with Crippen LogP contribution in [0.4, 0.5) is 11.4 Å². The van der Waals surface area contributed by atoms with E-state index in [1.807, 2.05) is 0 Å². The van der Waals surface area contributed by atoms with Gasteiger partial charge in [0.1, 0.15) is 12.7 Å². The fourth-order valence-corrected chi connectivity index (χ4v) is 2.40. The lowest BCUT2D eigenvalue weighted by molar-refractivity contribution is -0.384. The molecule has 0 aliphatic heterocycles. The summed E-state index contributed by atoms with van der Waals surface area (Å²) in [5.74, 6) is -0.417. The van der Waals surface area contributed by atoms with Crippen LogP contribution >= 0.6 is 11.6 Å². The van der Waals surface area contributed by atoms with Crippen molar-refractivity contribution in [2.24, 2.45) is 0 Å². The molecule has 0 radical (unpaired) electrons. The third kappa shape index (κ3) is 4.11. The van der Waals surface area contributed by atoms with Crippen molar-refractivity contribution < 1.29 is 9.72 Å². The second-order valence-electron chi connectivity index (χ2n) is 5.18. The zero-order chi connectivity index (χ0) is 18.5. The van der Waals surface area contributed by atoms with Gasteiger partial charge in [0.2, 0.25) is 5.91 Å². The van der Waals surface area contributed by atoms with Crippen molar-refractivity contribution in [3.05, 3.63) is 81.9 Å². The van der Waals surface area contributed by atoms with Crippen molar-refractivity contribution in [1.82, 2.24) is 14.8 Å². The number of hydrogen-bond acceptors (Lipinski definition) is 5. The smallest absolute Gasteiger partial charge is 0.270 e. The Hall–Kier alpha value is -3.52. The van der Waals surface area contributed by atoms with E-state index < -0.39 is 10.8 Å². The number of nitrogens with zero attached hydrogens (tertiary/aromatic N) is 4. The molecule has 0 bridgehead atoms. The standard InChI is InChI=1S/C17H12ClN5O3/c18-13-5-6-16(22-11-19-10-20-22)15(9-13)21-17(24)7-4-12-2-1-3-14(8-12)23(25)26/h1-11H,(H,21,24)/b7-4+. The van der Waals surface area contributed by atoms with Crippen molar-refractivity contribution in [1.29, 1.82) is 0 Å². The van der Waals surface area contributed by atoms with Gasteiger partial charge < -0.3 is 5.32 Å². The Morgan fingerprint density at radius 2 is 2.12 bits per heavy atom. The van der Waals surface area contributed by atoms with Crippen molar-refractivity contribution in [3.63, 3.8) is 0 Å². The summed E-state index contributed by atoms with van der Waals surface area (Å²) in [5.41, 5.74) is 1.55. The molecule has 26 heavy (non-hydrogen) atoms. The van der Waals surface area contributed by atoms with Crippen molar-refractivity contribution in [2.45, 2.75) is 0 Å². The number of nitrogens with one attached hydrogen (secondary N) is 1. The van der Waals surface area contributed by atoms with E-state index in [0.717, 1.165) is 0 Å². The minimum absolute atomic E-state index is 0.0455. The Kier molecular flexibility index (Phi) is 5.04. The fourth-order valence-electron chi connectivity index (χ4n) is 2.23. The second-order valence-corrected chi connectivity index (χ2v) is 5.61. The number of halogens is 1. The van der Waals surface area contributed by atoms with Gasteiger partial charge in [-0.2, -0.15) is 5.10 Å². The molecule has 1 heterocycles. The number of rotatable bonds is 5. The number of amides is 1. The highest BCUT2D eigenvalue weighted by atomic mass is 35.5. The first-order chi connectivity index (χ1) is 12.5. The number of carbonyl (C=O) groups excluding carboxylic acids is 1. The molecule has 0 aliphatic carbocycles. The maximum absolute atomic E-state index is 12.2. The number of carbonyl (C=O) groups is 1. The molecule has 130 valence electrons. The number of nitro groups is 1. The van der Waals surface area contributed by atoms with Crippen molar-refractivity contribution >= 4 is 35.0 Å². The molecule has 0 atom stereocenters. The SMILES string of the molecule is O=C(/C=C/c1cccc([N+](=O)[O-])c1)Nc1cc(Cl)ccc1-n1cncn1. The topological polar surface area (TPSA) is 103 Å². The van der Waals surface area contributed by atoms with Gasteiger partial charge in [-0.1, -0.05) is 23.7 Å². The van der Waals surface area contributed by atoms with Crippen LogP contribution in [0.3, 0.4) is 0 Å². The molecule has 3 rings (SSSR count). The van der Waals surface area contributed by atoms with Crippen LogP contribution in [-0.4, -0.2) is 25.6 Å². The Labute approximate surface area is 152 Å². The average Bonchev–Trinajstić information content (AvgIpc) is 3.15. The summed E-state index contributed by atoms with van der Waals surface area (Å²) in [5, 5.41) is 18.0. The molecule has 0 saturated heterocycles. The van der Waals surface area contributed by atoms with Crippen molar-refractivity contribution in [3.8, 4) is 5.69 Å². The van der Waals surface area contributed by atoms with E-state index in [0.29, 0.717) is 22.0 Å². The van der Waals surface area contributed by atoms with E-state index in [1.54, 1.807) is 30.3 Å². The van der Waals surface area contributed by atoms with E-state index >= 15 is 0 Å². The van der Waals surface area contributed by atoms with E-state index in [1.165, 1.54) is 41.6 Å². The number of non-ortho nitro benzene ring substituents is 1. The normalized spacial score (nSPS) is 10.8. The van der Waals surface area contributed by atoms with Gasteiger partial charge in [-0.15, -0.1) is 0 Å². The molecule has 2 aromatic carbocycles. The lowest BCUT2D eigenvalue weighted by Crippen LogP contribution is -2.11. The van der Waals surface area contributed by atoms with Crippen molar-refractivity contribution in [2.75, 3.05) is 5.32 Å². The van der Waals surface area contributed by atoms with Gasteiger partial charge in [-0.25, -0.2) is 9.67 Å². The van der Waals surface area contributed by atoms with E-state index in [-0.39, 0.29) is 5.69 Å². The monoisotopic (exact) mass is 369 g/mol. The highest BCUT2D eigenvalue weighted by molar-refractivity contribution is 6.31. The summed E-state index contributed by atoms with van der Waals surface area (Å²) in [6.07, 6.45) is 5.65. The van der Waals surface area contributed by atoms with Crippen LogP contribution in [-0.2, 0) is 4.79 Å². The highest BCUT2D eigenvalue weighted by Gasteiger charge is 2.09. The summed E-state index contributed by atoms with van der Waals surface area (Å²) in [6, 6.07) is 11.0. The van der Waals surface area contributed by atoms with Crippen LogP contribution in [0.25, 0.3) is 11.8 Å². The molecular formula is C17H12ClN5O3. The molecule has 1 N–H and O–H groups in total. The van der Waals surface area contributed by atoms with Gasteiger partial charge in [-0.05, 0) is 29.8 Å². The minimum atomic E-state index is -0.492. The molecule has 1 amide bonds. The lowest BCUT2D eigenvalue weighted by atomic mass is 10.2. The molecule has 9 heteroatoms. The van der Waals surface area contributed by atoms with Gasteiger partial charge in [0, 0.05) is 23.2 Å². The first kappa shape index (κ1) is 17.3. The highest BCUT2D eigenvalue weighted by Crippen LogP contribution is 2.24. The first-order valence-corrected chi connectivity index (χ1v) is 7.79. The molecule has 0 aliphatic rings. The van der Waals surface area contributed by atoms with Crippen LogP contribution in [0.1, 0.15) is 5.56 Å². The van der Waals surface area contributed by atoms with Crippen LogP contribution in [0, 0.1) is 10.1 Å². The number of nitro benzene ring substituents is 1. The molecule has 0 fully saturated rings. The van der Waals surface area contributed by atoms with Crippen LogP contribution < -0.4 is 5.32 Å². The summed E-state index contributed by atoms with van der Waals surface area (Å²) in [7, 11) is 0. The largest absolute Gasteiger partial charge is 0.321 e. The van der Waals surface area contributed by atoms with Crippen LogP contribution in [0.15, 0.2) is 61.2 Å². The summed E-state index contributed by atoms with van der Waals surface area (Å²) in [4.78, 5) is 26.4. The minimum Gasteiger partial charge on any atom is -0.321 e. The number of aromatic nitrogens is 3. The fraction of sp³-hybridized carbons (Fsp3) is 0. The predicted molar refractivity (Wildman–Crippen MR) is 97.1 cm³/mol. The van der Waals surface area contributed by atoms with Gasteiger partial charge in [0.15, 0.2) is 0 Å². The van der Waals surface area contributed by atoms with Crippen LogP contribution in [0.2, 0.25) is 5.02 Å². The quantitative estimate of drug-likeness (QED) is 0.421. The number of anilines is 1. The molecular weight excluding hydrogens is 358 g/mol. The third-order valence-corrected chi connectivity index (χ3v) is 3.63. The lowest BCUT2D eigenvalue weighted by Gasteiger charge is -2.10. The van der Waals surface area contributed by atoms with Gasteiger partial charge in [0.05, 0.1) is 16.3 Å². The Balaban J connectivity index is 1.79. The molecule has 8 nitrogen and oxygen atoms in total. The Bertz CT molecular complexity index is 986. The average molecular weight is 370 g/mol. The maximum Gasteiger partial charge on any atom is 0.270 e. The molecule has 0 unspecified atom stereocenters. The zero-order valence-corrected chi connectivity index (χ0v) is 14.0. The molecule has 0 spiro atoms. The van der Waals surface area contributed by atoms with E-state index in [4.69, 9.17) is 11.6 Å². The van der Waals surface area contributed by atoms with Gasteiger partial charge in [0.25, 0.3) is 5.69 Å². The predicted octanol–water partition coefficient (Wildman–Crippen LogP) is 3.48. The molecule has 1 aromatic heterocycles. The second kappa shape index (κ2) is 7.58. The first-order valence-electron chi connectivity index (χ1n) is 7.41. The number of benzene rings is 2. The maximum atomic E-state index is 12.2. The zero-order valence-electron chi connectivity index (χ0n) is 13.2. The Morgan fingerprint density at radius 3 is 2.85 bits per heavy atom. The molecule has 0 saturated carbocycles. The summed E-state index contributed by atoms with van der Waals surface area (Å²) < 4.78 is 1.50. The van der Waals surface area contributed by atoms with Gasteiger partial charge in [-0.3, -0.25) is 14.9 Å². The van der Waals surface area contributed by atoms with E-state index in [9.17, 15) is 14.9 Å². The number of hydrogen-bond donors (Lipinski definition) is 1. The Morgan fingerprint density at radius 1 is 1.27 bits per heavy atom. The third-order valence-electron chi connectivity index (χ3n) is 3.39. The summed E-state index contributed by atoms with van der Waals surface area (Å²) >= 11 is 6.00.